The van der Waals surface area contributed by atoms with Crippen LogP contribution in [0, 0.1) is 0 Å². The lowest BCUT2D eigenvalue weighted by Crippen LogP contribution is -2.29. The summed E-state index contributed by atoms with van der Waals surface area (Å²) in [7, 11) is -0.619. The van der Waals surface area contributed by atoms with Crippen LogP contribution in [0.25, 0.3) is 0 Å². The smallest absolute Gasteiger partial charge is 0.0533 e. The number of rotatable bonds is 4. The van der Waals surface area contributed by atoms with Gasteiger partial charge in [0.25, 0.3) is 0 Å². The number of hydrogen-bond donors (Lipinski definition) is 0. The van der Waals surface area contributed by atoms with Crippen molar-refractivity contribution in [2.24, 2.45) is 0 Å². The van der Waals surface area contributed by atoms with Crippen molar-refractivity contribution in [1.29, 1.82) is 0 Å². The van der Waals surface area contributed by atoms with Crippen molar-refractivity contribution in [1.82, 2.24) is 0 Å². The SMILES string of the molecule is CC(C)S(CCl)(C(C)C)C(C)C. The largest absolute Gasteiger partial charge is 0.221 e. The van der Waals surface area contributed by atoms with Crippen LogP contribution in [0.3, 0.4) is 0 Å². The molecule has 0 amide bonds. The third kappa shape index (κ3) is 2.11. The first kappa shape index (κ1) is 12.6. The second-order valence-corrected chi connectivity index (χ2v) is 9.68. The molecule has 0 bridgehead atoms. The standard InChI is InChI=1S/C10H23ClS/c1-8(2)12(7-11,9(3)4)10(5)6/h8-10H,7H2,1-6H3. The molecule has 0 saturated carbocycles. The maximum Gasteiger partial charge on any atom is 0.0533 e. The van der Waals surface area contributed by atoms with Crippen LogP contribution in [-0.4, -0.2) is 21.0 Å². The highest BCUT2D eigenvalue weighted by atomic mass is 35.5. The summed E-state index contributed by atoms with van der Waals surface area (Å²) in [6, 6.07) is 0. The Morgan fingerprint density at radius 3 is 1.08 bits per heavy atom. The van der Waals surface area contributed by atoms with Crippen LogP contribution < -0.4 is 0 Å². The molecule has 0 heterocycles. The zero-order valence-corrected chi connectivity index (χ0v) is 10.8. The lowest BCUT2D eigenvalue weighted by Gasteiger charge is -2.49. The molecule has 0 N–H and O–H groups in total. The monoisotopic (exact) mass is 210 g/mol. The van der Waals surface area contributed by atoms with E-state index >= 15 is 0 Å². The summed E-state index contributed by atoms with van der Waals surface area (Å²) < 4.78 is 0. The summed E-state index contributed by atoms with van der Waals surface area (Å²) in [5, 5.41) is 3.10. The molecule has 2 heteroatoms. The maximum atomic E-state index is 6.15. The molecule has 0 unspecified atom stereocenters. The quantitative estimate of drug-likeness (QED) is 0.610. The van der Waals surface area contributed by atoms with Crippen LogP contribution >= 0.6 is 21.6 Å². The van der Waals surface area contributed by atoms with Crippen LogP contribution in [0.5, 0.6) is 0 Å². The van der Waals surface area contributed by atoms with Crippen molar-refractivity contribution in [3.8, 4) is 0 Å². The van der Waals surface area contributed by atoms with Crippen molar-refractivity contribution >= 4 is 21.6 Å². The second-order valence-electron chi connectivity index (χ2n) is 4.16. The van der Waals surface area contributed by atoms with E-state index in [1.54, 1.807) is 0 Å². The Hall–Kier alpha value is 0.640. The lowest BCUT2D eigenvalue weighted by atomic mass is 10.5. The number of halogens is 1. The van der Waals surface area contributed by atoms with Gasteiger partial charge in [0.2, 0.25) is 0 Å². The summed E-state index contributed by atoms with van der Waals surface area (Å²) >= 11 is 6.15. The van der Waals surface area contributed by atoms with E-state index in [0.29, 0.717) is 0 Å². The molecule has 0 nitrogen and oxygen atoms in total. The molecule has 0 radical (unpaired) electrons. The van der Waals surface area contributed by atoms with E-state index in [2.05, 4.69) is 41.5 Å². The van der Waals surface area contributed by atoms with Crippen molar-refractivity contribution in [2.45, 2.75) is 57.3 Å². The number of hydrogen-bond acceptors (Lipinski definition) is 0. The van der Waals surface area contributed by atoms with Gasteiger partial charge < -0.3 is 0 Å². The molecule has 0 atom stereocenters. The topological polar surface area (TPSA) is 0 Å². The van der Waals surface area contributed by atoms with Gasteiger partial charge in [0, 0.05) is 0 Å². The maximum absolute atomic E-state index is 6.15. The summed E-state index contributed by atoms with van der Waals surface area (Å²) in [5.74, 6) is 0. The first-order valence-electron chi connectivity index (χ1n) is 4.73. The summed E-state index contributed by atoms with van der Waals surface area (Å²) in [6.45, 7) is 13.9. The second kappa shape index (κ2) is 4.76. The zero-order chi connectivity index (χ0) is 9.94. The molecular formula is C10H23ClS. The summed E-state index contributed by atoms with van der Waals surface area (Å²) in [5.41, 5.74) is 0. The molecule has 0 spiro atoms. The predicted octanol–water partition coefficient (Wildman–Crippen LogP) is 4.21. The fraction of sp³-hybridized carbons (Fsp3) is 1.00. The Morgan fingerprint density at radius 2 is 1.08 bits per heavy atom. The third-order valence-corrected chi connectivity index (χ3v) is 9.60. The van der Waals surface area contributed by atoms with Crippen molar-refractivity contribution in [3.63, 3.8) is 0 Å². The zero-order valence-electron chi connectivity index (χ0n) is 9.23. The molecule has 0 aliphatic heterocycles. The molecule has 0 fully saturated rings. The molecule has 0 aliphatic carbocycles. The van der Waals surface area contributed by atoms with Gasteiger partial charge >= 0.3 is 0 Å². The molecule has 0 aliphatic rings. The van der Waals surface area contributed by atoms with Crippen molar-refractivity contribution in [2.75, 3.05) is 5.21 Å². The van der Waals surface area contributed by atoms with Gasteiger partial charge in [-0.1, -0.05) is 41.5 Å². The fourth-order valence-electron chi connectivity index (χ4n) is 2.01. The Kier molecular flexibility index (Phi) is 5.01. The van der Waals surface area contributed by atoms with Gasteiger partial charge in [0.1, 0.15) is 0 Å². The molecular weight excluding hydrogens is 188 g/mol. The van der Waals surface area contributed by atoms with E-state index in [9.17, 15) is 0 Å². The highest BCUT2D eigenvalue weighted by Gasteiger charge is 2.33. The summed E-state index contributed by atoms with van der Waals surface area (Å²) in [4.78, 5) is 0. The average molecular weight is 211 g/mol. The average Bonchev–Trinajstić information content (AvgIpc) is 1.86. The minimum Gasteiger partial charge on any atom is -0.221 e. The first-order chi connectivity index (χ1) is 5.39. The van der Waals surface area contributed by atoms with Crippen LogP contribution in [0.1, 0.15) is 41.5 Å². The van der Waals surface area contributed by atoms with Gasteiger partial charge in [0.15, 0.2) is 0 Å². The van der Waals surface area contributed by atoms with E-state index < -0.39 is 10.0 Å². The van der Waals surface area contributed by atoms with Crippen molar-refractivity contribution in [3.05, 3.63) is 0 Å². The molecule has 76 valence electrons. The van der Waals surface area contributed by atoms with Gasteiger partial charge in [-0.05, 0) is 15.7 Å². The van der Waals surface area contributed by atoms with Gasteiger partial charge in [-0.2, -0.15) is 0 Å². The minimum absolute atomic E-state index is 0.619. The molecule has 0 rings (SSSR count). The molecule has 0 aromatic heterocycles. The minimum atomic E-state index is -0.619. The van der Waals surface area contributed by atoms with Crippen molar-refractivity contribution < 1.29 is 0 Å². The van der Waals surface area contributed by atoms with Gasteiger partial charge in [-0.3, -0.25) is 0 Å². The van der Waals surface area contributed by atoms with E-state index in [4.69, 9.17) is 11.6 Å². The van der Waals surface area contributed by atoms with E-state index in [1.165, 1.54) is 0 Å². The lowest BCUT2D eigenvalue weighted by molar-refractivity contribution is 0.948. The third-order valence-electron chi connectivity index (χ3n) is 2.82. The van der Waals surface area contributed by atoms with Gasteiger partial charge in [-0.15, -0.1) is 11.6 Å². The summed E-state index contributed by atoms with van der Waals surface area (Å²) in [6.07, 6.45) is 0. The predicted molar refractivity (Wildman–Crippen MR) is 63.7 cm³/mol. The Morgan fingerprint density at radius 1 is 0.833 bits per heavy atom. The van der Waals surface area contributed by atoms with E-state index in [1.807, 2.05) is 0 Å². The van der Waals surface area contributed by atoms with E-state index in [0.717, 1.165) is 21.0 Å². The number of alkyl halides is 1. The van der Waals surface area contributed by atoms with Crippen LogP contribution in [0.4, 0.5) is 0 Å². The van der Waals surface area contributed by atoms with E-state index in [-0.39, 0.29) is 0 Å². The molecule has 12 heavy (non-hydrogen) atoms. The molecule has 0 saturated heterocycles. The van der Waals surface area contributed by atoms with Gasteiger partial charge in [-0.25, -0.2) is 10.0 Å². The van der Waals surface area contributed by atoms with Crippen LogP contribution in [0.15, 0.2) is 0 Å². The molecule has 0 aromatic carbocycles. The normalized spacial score (nSPS) is 14.8. The van der Waals surface area contributed by atoms with Gasteiger partial charge in [0.05, 0.1) is 5.21 Å². The highest BCUT2D eigenvalue weighted by Crippen LogP contribution is 2.60. The Bertz CT molecular complexity index is 108. The Labute approximate surface area is 84.4 Å². The highest BCUT2D eigenvalue weighted by molar-refractivity contribution is 8.35. The van der Waals surface area contributed by atoms with Crippen LogP contribution in [-0.2, 0) is 0 Å². The Balaban J connectivity index is 4.77. The first-order valence-corrected chi connectivity index (χ1v) is 7.25. The van der Waals surface area contributed by atoms with Crippen LogP contribution in [0.2, 0.25) is 0 Å². The molecule has 0 aromatic rings. The fourth-order valence-corrected chi connectivity index (χ4v) is 8.30.